The van der Waals surface area contributed by atoms with Crippen LogP contribution in [0.5, 0.6) is 0 Å². The van der Waals surface area contributed by atoms with Gasteiger partial charge in [-0.1, -0.05) is 6.92 Å². The zero-order valence-electron chi connectivity index (χ0n) is 16.4. The van der Waals surface area contributed by atoms with E-state index in [9.17, 15) is 4.79 Å². The van der Waals surface area contributed by atoms with Gasteiger partial charge in [0.1, 0.15) is 5.82 Å². The van der Waals surface area contributed by atoms with Crippen LogP contribution in [0.25, 0.3) is 0 Å². The quantitative estimate of drug-likeness (QED) is 0.879. The Bertz CT molecular complexity index is 777. The normalized spacial score (nSPS) is 18.2. The van der Waals surface area contributed by atoms with Crippen LogP contribution in [-0.4, -0.2) is 55.2 Å². The molecule has 0 saturated carbocycles. The number of carbonyl (C=O) groups excluding carboxylic acids is 1. The van der Waals surface area contributed by atoms with Crippen molar-refractivity contribution in [3.8, 4) is 0 Å². The van der Waals surface area contributed by atoms with Crippen LogP contribution < -0.4 is 10.2 Å². The standard InChI is InChI=1S/C22H28N4O2/c1-17-8-10-25(11-9-17)20-5-3-19(4-6-20)24-21-7-2-18(16-23-21)22(27)26-12-14-28-15-13-26/h2-7,16-17H,8-15H2,1H3,(H,23,24). The molecule has 0 spiro atoms. The highest BCUT2D eigenvalue weighted by atomic mass is 16.5. The van der Waals surface area contributed by atoms with Crippen molar-refractivity contribution in [1.29, 1.82) is 0 Å². The Morgan fingerprint density at radius 2 is 1.75 bits per heavy atom. The molecule has 1 aromatic carbocycles. The fourth-order valence-electron chi connectivity index (χ4n) is 3.71. The number of carbonyl (C=O) groups is 1. The number of amides is 1. The summed E-state index contributed by atoms with van der Waals surface area (Å²) < 4.78 is 5.30. The number of anilines is 3. The molecule has 1 aromatic heterocycles. The van der Waals surface area contributed by atoms with E-state index in [1.54, 1.807) is 6.20 Å². The van der Waals surface area contributed by atoms with Gasteiger partial charge in [-0.2, -0.15) is 0 Å². The third-order valence-electron chi connectivity index (χ3n) is 5.60. The van der Waals surface area contributed by atoms with Gasteiger partial charge in [-0.25, -0.2) is 4.98 Å². The SMILES string of the molecule is CC1CCN(c2ccc(Nc3ccc(C(=O)N4CCOCC4)cn3)cc2)CC1. The van der Waals surface area contributed by atoms with Crippen molar-refractivity contribution < 1.29 is 9.53 Å². The summed E-state index contributed by atoms with van der Waals surface area (Å²) in [6.07, 6.45) is 4.17. The molecule has 2 aromatic rings. The van der Waals surface area contributed by atoms with Crippen LogP contribution in [0.3, 0.4) is 0 Å². The van der Waals surface area contributed by atoms with E-state index in [0.29, 0.717) is 31.9 Å². The highest BCUT2D eigenvalue weighted by Crippen LogP contribution is 2.25. The Hall–Kier alpha value is -2.60. The topological polar surface area (TPSA) is 57.7 Å². The molecule has 6 nitrogen and oxygen atoms in total. The van der Waals surface area contributed by atoms with Gasteiger partial charge in [-0.05, 0) is 55.2 Å². The van der Waals surface area contributed by atoms with Crippen molar-refractivity contribution in [2.24, 2.45) is 5.92 Å². The number of rotatable bonds is 4. The molecule has 0 radical (unpaired) electrons. The third-order valence-corrected chi connectivity index (χ3v) is 5.60. The Balaban J connectivity index is 1.35. The molecule has 1 amide bonds. The zero-order valence-corrected chi connectivity index (χ0v) is 16.4. The molecular weight excluding hydrogens is 352 g/mol. The lowest BCUT2D eigenvalue weighted by Gasteiger charge is -2.32. The van der Waals surface area contributed by atoms with Gasteiger partial charge >= 0.3 is 0 Å². The maximum absolute atomic E-state index is 12.5. The molecule has 1 N–H and O–H groups in total. The minimum Gasteiger partial charge on any atom is -0.378 e. The van der Waals surface area contributed by atoms with Crippen LogP contribution in [0.1, 0.15) is 30.1 Å². The van der Waals surface area contributed by atoms with Gasteiger partial charge < -0.3 is 19.9 Å². The number of ether oxygens (including phenoxy) is 1. The molecular formula is C22H28N4O2. The summed E-state index contributed by atoms with van der Waals surface area (Å²) in [6, 6.07) is 12.2. The second-order valence-corrected chi connectivity index (χ2v) is 7.68. The molecule has 148 valence electrons. The maximum atomic E-state index is 12.5. The van der Waals surface area contributed by atoms with E-state index in [0.717, 1.165) is 30.5 Å². The number of hydrogen-bond acceptors (Lipinski definition) is 5. The highest BCUT2D eigenvalue weighted by molar-refractivity contribution is 5.94. The molecule has 2 aliphatic rings. The monoisotopic (exact) mass is 380 g/mol. The second kappa shape index (κ2) is 8.61. The summed E-state index contributed by atoms with van der Waals surface area (Å²) in [6.45, 7) is 7.08. The summed E-state index contributed by atoms with van der Waals surface area (Å²) >= 11 is 0. The number of nitrogens with zero attached hydrogens (tertiary/aromatic N) is 3. The molecule has 2 saturated heterocycles. The molecule has 2 aliphatic heterocycles. The van der Waals surface area contributed by atoms with Gasteiger partial charge in [0, 0.05) is 43.8 Å². The number of piperidine rings is 1. The fourth-order valence-corrected chi connectivity index (χ4v) is 3.71. The lowest BCUT2D eigenvalue weighted by atomic mass is 9.99. The van der Waals surface area contributed by atoms with Crippen molar-refractivity contribution in [2.45, 2.75) is 19.8 Å². The van der Waals surface area contributed by atoms with E-state index in [-0.39, 0.29) is 5.91 Å². The summed E-state index contributed by atoms with van der Waals surface area (Å²) in [5, 5.41) is 3.31. The van der Waals surface area contributed by atoms with Crippen LogP contribution in [0.2, 0.25) is 0 Å². The van der Waals surface area contributed by atoms with Crippen LogP contribution >= 0.6 is 0 Å². The first-order valence-electron chi connectivity index (χ1n) is 10.1. The number of nitrogens with one attached hydrogen (secondary N) is 1. The predicted molar refractivity (Wildman–Crippen MR) is 111 cm³/mol. The van der Waals surface area contributed by atoms with E-state index in [4.69, 9.17) is 4.74 Å². The first kappa shape index (κ1) is 18.7. The maximum Gasteiger partial charge on any atom is 0.255 e. The number of aromatic nitrogens is 1. The molecule has 4 rings (SSSR count). The Morgan fingerprint density at radius 1 is 1.04 bits per heavy atom. The number of benzene rings is 1. The lowest BCUT2D eigenvalue weighted by molar-refractivity contribution is 0.0302. The second-order valence-electron chi connectivity index (χ2n) is 7.68. The van der Waals surface area contributed by atoms with Gasteiger partial charge in [0.15, 0.2) is 0 Å². The van der Waals surface area contributed by atoms with E-state index < -0.39 is 0 Å². The van der Waals surface area contributed by atoms with Crippen molar-refractivity contribution in [2.75, 3.05) is 49.6 Å². The molecule has 0 unspecified atom stereocenters. The number of pyridine rings is 1. The number of morpholine rings is 1. The van der Waals surface area contributed by atoms with Crippen LogP contribution in [0.15, 0.2) is 42.6 Å². The van der Waals surface area contributed by atoms with Crippen LogP contribution in [-0.2, 0) is 4.74 Å². The largest absolute Gasteiger partial charge is 0.378 e. The van der Waals surface area contributed by atoms with Gasteiger partial charge in [0.25, 0.3) is 5.91 Å². The third kappa shape index (κ3) is 4.44. The van der Waals surface area contributed by atoms with Crippen molar-refractivity contribution in [1.82, 2.24) is 9.88 Å². The molecule has 6 heteroatoms. The molecule has 28 heavy (non-hydrogen) atoms. The first-order valence-corrected chi connectivity index (χ1v) is 10.1. The zero-order chi connectivity index (χ0) is 19.3. The van der Waals surface area contributed by atoms with Gasteiger partial charge in [-0.15, -0.1) is 0 Å². The average Bonchev–Trinajstić information content (AvgIpc) is 2.76. The van der Waals surface area contributed by atoms with Crippen LogP contribution in [0.4, 0.5) is 17.2 Å². The Morgan fingerprint density at radius 3 is 2.39 bits per heavy atom. The minimum absolute atomic E-state index is 0.0163. The number of hydrogen-bond donors (Lipinski definition) is 1. The average molecular weight is 380 g/mol. The molecule has 2 fully saturated rings. The highest BCUT2D eigenvalue weighted by Gasteiger charge is 2.19. The molecule has 0 bridgehead atoms. The summed E-state index contributed by atoms with van der Waals surface area (Å²) in [4.78, 5) is 21.2. The van der Waals surface area contributed by atoms with Crippen molar-refractivity contribution >= 4 is 23.1 Å². The van der Waals surface area contributed by atoms with E-state index >= 15 is 0 Å². The van der Waals surface area contributed by atoms with Gasteiger partial charge in [-0.3, -0.25) is 4.79 Å². The summed E-state index contributed by atoms with van der Waals surface area (Å²) in [7, 11) is 0. The van der Waals surface area contributed by atoms with Gasteiger partial charge in [0.2, 0.25) is 0 Å². The summed E-state index contributed by atoms with van der Waals surface area (Å²) in [5.74, 6) is 1.59. The Kier molecular flexibility index (Phi) is 5.76. The van der Waals surface area contributed by atoms with E-state index in [2.05, 4.69) is 46.4 Å². The Labute approximate surface area is 166 Å². The van der Waals surface area contributed by atoms with E-state index in [1.165, 1.54) is 18.5 Å². The molecule has 3 heterocycles. The predicted octanol–water partition coefficient (Wildman–Crippen LogP) is 3.53. The smallest absolute Gasteiger partial charge is 0.255 e. The summed E-state index contributed by atoms with van der Waals surface area (Å²) in [5.41, 5.74) is 2.88. The fraction of sp³-hybridized carbons (Fsp3) is 0.455. The lowest BCUT2D eigenvalue weighted by Crippen LogP contribution is -2.40. The first-order chi connectivity index (χ1) is 13.7. The van der Waals surface area contributed by atoms with Crippen molar-refractivity contribution in [3.63, 3.8) is 0 Å². The minimum atomic E-state index is 0.0163. The van der Waals surface area contributed by atoms with Gasteiger partial charge in [0.05, 0.1) is 18.8 Å². The van der Waals surface area contributed by atoms with E-state index in [1.807, 2.05) is 17.0 Å². The molecule has 0 aliphatic carbocycles. The molecule has 0 atom stereocenters. The van der Waals surface area contributed by atoms with Crippen LogP contribution in [0, 0.1) is 5.92 Å². The van der Waals surface area contributed by atoms with Crippen molar-refractivity contribution in [3.05, 3.63) is 48.2 Å².